The molecule has 32 heavy (non-hydrogen) atoms. The molecular formula is C29H18N2O. The molecule has 3 nitrogen and oxygen atoms in total. The summed E-state index contributed by atoms with van der Waals surface area (Å²) in [5.41, 5.74) is 7.33. The first-order valence-corrected chi connectivity index (χ1v) is 10.7. The Kier molecular flexibility index (Phi) is 3.55. The van der Waals surface area contributed by atoms with Crippen LogP contribution in [0, 0.1) is 0 Å². The van der Waals surface area contributed by atoms with Gasteiger partial charge >= 0.3 is 0 Å². The Morgan fingerprint density at radius 1 is 0.625 bits per heavy atom. The molecule has 3 aromatic heterocycles. The number of pyridine rings is 1. The number of furan rings is 1. The van der Waals surface area contributed by atoms with Crippen molar-refractivity contribution in [1.82, 2.24) is 9.55 Å². The van der Waals surface area contributed by atoms with Crippen molar-refractivity contribution in [3.8, 4) is 16.9 Å². The Balaban J connectivity index is 1.59. The fourth-order valence-electron chi connectivity index (χ4n) is 4.85. The topological polar surface area (TPSA) is 31.0 Å². The Morgan fingerprint density at radius 2 is 1.47 bits per heavy atom. The Labute approximate surface area is 184 Å². The smallest absolute Gasteiger partial charge is 0.145 e. The summed E-state index contributed by atoms with van der Waals surface area (Å²) in [6.45, 7) is 0. The molecule has 0 aliphatic carbocycles. The van der Waals surface area contributed by atoms with Gasteiger partial charge in [0, 0.05) is 33.6 Å². The lowest BCUT2D eigenvalue weighted by Crippen LogP contribution is -1.94. The molecule has 4 aromatic carbocycles. The van der Waals surface area contributed by atoms with Crippen molar-refractivity contribution in [3.63, 3.8) is 0 Å². The van der Waals surface area contributed by atoms with Gasteiger partial charge in [0.15, 0.2) is 0 Å². The van der Waals surface area contributed by atoms with Gasteiger partial charge < -0.3 is 8.98 Å². The molecule has 150 valence electrons. The number of para-hydroxylation sites is 2. The van der Waals surface area contributed by atoms with Crippen molar-refractivity contribution < 1.29 is 4.42 Å². The minimum atomic E-state index is 0.920. The number of benzene rings is 4. The second-order valence-corrected chi connectivity index (χ2v) is 8.05. The molecule has 0 bridgehead atoms. The van der Waals surface area contributed by atoms with E-state index in [1.807, 2.05) is 36.5 Å². The van der Waals surface area contributed by atoms with Crippen molar-refractivity contribution in [3.05, 3.63) is 109 Å². The van der Waals surface area contributed by atoms with Crippen molar-refractivity contribution in [2.45, 2.75) is 0 Å². The highest BCUT2D eigenvalue weighted by Crippen LogP contribution is 2.40. The lowest BCUT2D eigenvalue weighted by atomic mass is 10.1. The molecule has 0 unspecified atom stereocenters. The molecule has 0 N–H and O–H groups in total. The zero-order chi connectivity index (χ0) is 21.1. The van der Waals surface area contributed by atoms with Gasteiger partial charge in [-0.25, -0.2) is 0 Å². The normalized spacial score (nSPS) is 11.8. The number of nitrogens with zero attached hydrogens (tertiary/aromatic N) is 2. The van der Waals surface area contributed by atoms with Crippen LogP contribution in [-0.2, 0) is 0 Å². The van der Waals surface area contributed by atoms with E-state index in [4.69, 9.17) is 4.42 Å². The van der Waals surface area contributed by atoms with Crippen LogP contribution in [0.25, 0.3) is 60.7 Å². The van der Waals surface area contributed by atoms with E-state index in [2.05, 4.69) is 82.3 Å². The molecule has 0 saturated heterocycles. The molecule has 3 heteroatoms. The zero-order valence-electron chi connectivity index (χ0n) is 17.2. The largest absolute Gasteiger partial charge is 0.455 e. The van der Waals surface area contributed by atoms with Crippen molar-refractivity contribution in [2.75, 3.05) is 0 Å². The summed E-state index contributed by atoms with van der Waals surface area (Å²) < 4.78 is 8.72. The highest BCUT2D eigenvalue weighted by atomic mass is 16.3. The quantitative estimate of drug-likeness (QED) is 0.292. The van der Waals surface area contributed by atoms with Crippen LogP contribution in [0.3, 0.4) is 0 Å². The van der Waals surface area contributed by atoms with Crippen LogP contribution in [0.1, 0.15) is 0 Å². The molecule has 0 aliphatic heterocycles. The summed E-state index contributed by atoms with van der Waals surface area (Å²) in [5.74, 6) is 0. The monoisotopic (exact) mass is 410 g/mol. The highest BCUT2D eigenvalue weighted by molar-refractivity contribution is 6.23. The second-order valence-electron chi connectivity index (χ2n) is 8.05. The Bertz CT molecular complexity index is 1770. The lowest BCUT2D eigenvalue weighted by Gasteiger charge is -2.10. The van der Waals surface area contributed by atoms with Gasteiger partial charge in [0.25, 0.3) is 0 Å². The summed E-state index contributed by atoms with van der Waals surface area (Å²) in [5, 5.41) is 4.64. The van der Waals surface area contributed by atoms with Gasteiger partial charge in [0.05, 0.1) is 22.1 Å². The predicted molar refractivity (Wildman–Crippen MR) is 131 cm³/mol. The molecule has 7 aromatic rings. The van der Waals surface area contributed by atoms with E-state index in [0.717, 1.165) is 55.3 Å². The Hall–Kier alpha value is -4.37. The van der Waals surface area contributed by atoms with E-state index >= 15 is 0 Å². The predicted octanol–water partition coefficient (Wildman–Crippen LogP) is 7.75. The summed E-state index contributed by atoms with van der Waals surface area (Å²) in [6.07, 6.45) is 1.83. The van der Waals surface area contributed by atoms with Crippen molar-refractivity contribution in [1.29, 1.82) is 0 Å². The maximum absolute atomic E-state index is 6.39. The number of aromatic nitrogens is 2. The van der Waals surface area contributed by atoms with Crippen molar-refractivity contribution >= 4 is 43.7 Å². The van der Waals surface area contributed by atoms with Crippen molar-refractivity contribution in [2.24, 2.45) is 0 Å². The van der Waals surface area contributed by atoms with E-state index < -0.39 is 0 Å². The molecule has 0 fully saturated rings. The lowest BCUT2D eigenvalue weighted by molar-refractivity contribution is 0.673. The molecule has 0 spiro atoms. The number of hydrogen-bond acceptors (Lipinski definition) is 2. The van der Waals surface area contributed by atoms with E-state index in [1.165, 1.54) is 5.39 Å². The van der Waals surface area contributed by atoms with Gasteiger partial charge in [0.2, 0.25) is 0 Å². The molecule has 0 atom stereocenters. The average Bonchev–Trinajstić information content (AvgIpc) is 3.40. The third kappa shape index (κ3) is 2.39. The van der Waals surface area contributed by atoms with Gasteiger partial charge in [-0.15, -0.1) is 0 Å². The number of fused-ring (bicyclic) bond motifs is 7. The Morgan fingerprint density at radius 3 is 2.38 bits per heavy atom. The minimum Gasteiger partial charge on any atom is -0.455 e. The van der Waals surface area contributed by atoms with Crippen LogP contribution in [0.5, 0.6) is 0 Å². The standard InChI is InChI=1S/C29H18N2O/c1-3-13-25-23(11-1)28-26(16-15-22-21-10-2-4-14-27(21)32-29(22)28)31(25)20-9-7-8-19(18-20)24-12-5-6-17-30-24/h1-18H. The second kappa shape index (κ2) is 6.56. The first-order valence-electron chi connectivity index (χ1n) is 10.7. The van der Waals surface area contributed by atoms with Gasteiger partial charge in [-0.2, -0.15) is 0 Å². The highest BCUT2D eigenvalue weighted by Gasteiger charge is 2.18. The van der Waals surface area contributed by atoms with E-state index in [1.54, 1.807) is 0 Å². The van der Waals surface area contributed by atoms with Crippen LogP contribution < -0.4 is 0 Å². The van der Waals surface area contributed by atoms with Gasteiger partial charge in [-0.3, -0.25) is 4.98 Å². The average molecular weight is 410 g/mol. The first kappa shape index (κ1) is 17.3. The molecule has 0 aliphatic rings. The third-order valence-corrected chi connectivity index (χ3v) is 6.25. The molecule has 0 amide bonds. The fraction of sp³-hybridized carbons (Fsp3) is 0. The summed E-state index contributed by atoms with van der Waals surface area (Å²) >= 11 is 0. The first-order chi connectivity index (χ1) is 15.9. The maximum atomic E-state index is 6.39. The third-order valence-electron chi connectivity index (χ3n) is 6.25. The molecule has 3 heterocycles. The van der Waals surface area contributed by atoms with E-state index in [0.29, 0.717) is 0 Å². The van der Waals surface area contributed by atoms with Gasteiger partial charge in [0.1, 0.15) is 11.2 Å². The summed E-state index contributed by atoms with van der Waals surface area (Å²) in [7, 11) is 0. The number of hydrogen-bond donors (Lipinski definition) is 0. The number of rotatable bonds is 2. The van der Waals surface area contributed by atoms with E-state index in [9.17, 15) is 0 Å². The zero-order valence-corrected chi connectivity index (χ0v) is 17.2. The van der Waals surface area contributed by atoms with Crippen LogP contribution in [0.4, 0.5) is 0 Å². The molecule has 0 saturated carbocycles. The summed E-state index contributed by atoms with van der Waals surface area (Å²) in [6, 6.07) is 35.8. The molecule has 7 rings (SSSR count). The van der Waals surface area contributed by atoms with Crippen LogP contribution >= 0.6 is 0 Å². The SMILES string of the molecule is c1ccc(-c2cccc(-n3c4ccccc4c4c5oc6ccccc6c5ccc43)c2)nc1. The molecular weight excluding hydrogens is 392 g/mol. The van der Waals surface area contributed by atoms with Crippen LogP contribution in [-0.4, -0.2) is 9.55 Å². The van der Waals surface area contributed by atoms with Gasteiger partial charge in [-0.05, 0) is 48.5 Å². The van der Waals surface area contributed by atoms with Crippen LogP contribution in [0.2, 0.25) is 0 Å². The van der Waals surface area contributed by atoms with Crippen LogP contribution in [0.15, 0.2) is 114 Å². The molecule has 0 radical (unpaired) electrons. The summed E-state index contributed by atoms with van der Waals surface area (Å²) in [4.78, 5) is 4.54. The maximum Gasteiger partial charge on any atom is 0.145 e. The minimum absolute atomic E-state index is 0.920. The van der Waals surface area contributed by atoms with E-state index in [-0.39, 0.29) is 0 Å². The fourth-order valence-corrected chi connectivity index (χ4v) is 4.85. The van der Waals surface area contributed by atoms with Gasteiger partial charge in [-0.1, -0.05) is 54.6 Å².